The molecule has 0 saturated heterocycles. The summed E-state index contributed by atoms with van der Waals surface area (Å²) in [6.45, 7) is 3.44. The van der Waals surface area contributed by atoms with Crippen LogP contribution in [0.2, 0.25) is 5.02 Å². The minimum Gasteiger partial charge on any atom is -0.494 e. The number of rotatable bonds is 19. The molecule has 41 heavy (non-hydrogen) atoms. The van der Waals surface area contributed by atoms with E-state index in [-0.39, 0.29) is 25.9 Å². The molecule has 2 aromatic rings. The first-order valence-electron chi connectivity index (χ1n) is 13.3. The normalized spacial score (nSPS) is 11.0. The van der Waals surface area contributed by atoms with Gasteiger partial charge in [0.1, 0.15) is 12.4 Å². The number of hydrogen-bond donors (Lipinski definition) is 1. The summed E-state index contributed by atoms with van der Waals surface area (Å²) >= 11 is 5.87. The van der Waals surface area contributed by atoms with Crippen molar-refractivity contribution in [1.29, 1.82) is 5.26 Å². The molecule has 1 aromatic carbocycles. The fourth-order valence-electron chi connectivity index (χ4n) is 3.20. The Hall–Kier alpha value is -3.63. The Morgan fingerprint density at radius 3 is 2.29 bits per heavy atom. The first kappa shape index (κ1) is 33.6. The molecule has 2 rings (SSSR count). The monoisotopic (exact) mass is 591 g/mol. The summed E-state index contributed by atoms with van der Waals surface area (Å²) in [5.74, 6) is 1.05. The van der Waals surface area contributed by atoms with Gasteiger partial charge in [0.2, 0.25) is 12.2 Å². The van der Waals surface area contributed by atoms with E-state index in [1.54, 1.807) is 54.5 Å². The third kappa shape index (κ3) is 16.9. The van der Waals surface area contributed by atoms with E-state index in [1.165, 1.54) is 0 Å². The molecule has 1 aromatic heterocycles. The van der Waals surface area contributed by atoms with Crippen molar-refractivity contribution >= 4 is 23.7 Å². The molecule has 0 aliphatic rings. The van der Waals surface area contributed by atoms with Crippen LogP contribution in [0.15, 0.2) is 58.8 Å². The molecule has 0 aliphatic heterocycles. The van der Waals surface area contributed by atoms with E-state index in [1.807, 2.05) is 12.1 Å². The molecule has 12 nitrogen and oxygen atoms in total. The number of aromatic nitrogens is 1. The predicted molar refractivity (Wildman–Crippen MR) is 152 cm³/mol. The van der Waals surface area contributed by atoms with Crippen LogP contribution in [0.3, 0.4) is 0 Å². The summed E-state index contributed by atoms with van der Waals surface area (Å²) in [6, 6.07) is 10.7. The Balaban J connectivity index is 1.58. The number of pyridine rings is 1. The van der Waals surface area contributed by atoms with Crippen LogP contribution in [0.25, 0.3) is 0 Å². The average Bonchev–Trinajstić information content (AvgIpc) is 2.98. The van der Waals surface area contributed by atoms with Crippen LogP contribution < -0.4 is 15.4 Å². The summed E-state index contributed by atoms with van der Waals surface area (Å²) in [7, 11) is 1.61. The Kier molecular flexibility index (Phi) is 18.1. The van der Waals surface area contributed by atoms with Crippen LogP contribution in [0, 0.1) is 11.5 Å². The zero-order valence-electron chi connectivity index (χ0n) is 23.3. The number of nitrogens with one attached hydrogen (secondary N) is 1. The summed E-state index contributed by atoms with van der Waals surface area (Å²) in [4.78, 5) is 19.9. The number of ether oxygens (including phenoxy) is 6. The van der Waals surface area contributed by atoms with E-state index in [0.717, 1.165) is 31.4 Å². The molecule has 0 unspecified atom stereocenters. The molecule has 13 heteroatoms. The minimum absolute atomic E-state index is 0.0323. The second kappa shape index (κ2) is 22.1. The number of benzene rings is 1. The molecule has 224 valence electrons. The molecule has 1 heterocycles. The highest BCUT2D eigenvalue weighted by Crippen LogP contribution is 2.15. The third-order valence-corrected chi connectivity index (χ3v) is 5.54. The first-order valence-corrected chi connectivity index (χ1v) is 13.7. The molecule has 0 spiro atoms. The van der Waals surface area contributed by atoms with E-state index in [0.29, 0.717) is 50.0 Å². The van der Waals surface area contributed by atoms with E-state index < -0.39 is 6.16 Å². The van der Waals surface area contributed by atoms with Gasteiger partial charge in [-0.15, -0.1) is 4.99 Å². The van der Waals surface area contributed by atoms with Crippen molar-refractivity contribution in [3.05, 3.63) is 59.2 Å². The molecule has 0 atom stereocenters. The second-order valence-corrected chi connectivity index (χ2v) is 8.89. The molecule has 0 bridgehead atoms. The van der Waals surface area contributed by atoms with Crippen molar-refractivity contribution < 1.29 is 33.2 Å². The number of hydrogen-bond acceptors (Lipinski definition) is 9. The van der Waals surface area contributed by atoms with Crippen molar-refractivity contribution in [1.82, 2.24) is 9.88 Å². The molecule has 0 radical (unpaired) electrons. The Labute approximate surface area is 245 Å². The first-order chi connectivity index (χ1) is 20.1. The molecular formula is C28H38ClN5O7. The third-order valence-electron chi connectivity index (χ3n) is 5.28. The molecule has 0 saturated carbocycles. The van der Waals surface area contributed by atoms with Crippen LogP contribution >= 0.6 is 11.6 Å². The fourth-order valence-corrected chi connectivity index (χ4v) is 3.33. The number of methoxy groups -OCH3 is 1. The summed E-state index contributed by atoms with van der Waals surface area (Å²) in [5, 5.41) is 13.4. The average molecular weight is 592 g/mol. The van der Waals surface area contributed by atoms with Gasteiger partial charge < -0.3 is 38.3 Å². The van der Waals surface area contributed by atoms with E-state index in [9.17, 15) is 4.79 Å². The van der Waals surface area contributed by atoms with Crippen molar-refractivity contribution in [2.24, 2.45) is 9.98 Å². The van der Waals surface area contributed by atoms with Gasteiger partial charge in [-0.2, -0.15) is 5.26 Å². The van der Waals surface area contributed by atoms with Gasteiger partial charge in [0, 0.05) is 31.1 Å². The summed E-state index contributed by atoms with van der Waals surface area (Å²) < 4.78 is 32.8. The number of guanidine groups is 1. The highest BCUT2D eigenvalue weighted by molar-refractivity contribution is 6.30. The lowest BCUT2D eigenvalue weighted by Gasteiger charge is -2.09. The number of carbonyl (C=O) groups excluding carboxylic acids is 1. The van der Waals surface area contributed by atoms with E-state index >= 15 is 0 Å². The number of carbonyl (C=O) groups is 1. The Morgan fingerprint density at radius 1 is 0.902 bits per heavy atom. The standard InChI is InChI=1S/C28H38ClN5O7/c1-36-16-17-37-18-19-38-20-21-40-28(35)41-23-34-13-10-25(11-14-34)33-27(32-22-30)31-12-4-2-3-5-15-39-26-8-6-24(29)7-9-26/h6-11,13-14H,2-5,12,15-21,23H2,1H3,(H,31,32). The van der Waals surface area contributed by atoms with Crippen LogP contribution in [0.1, 0.15) is 25.7 Å². The van der Waals surface area contributed by atoms with Crippen LogP contribution in [-0.2, 0) is 30.4 Å². The Bertz CT molecular complexity index is 1120. The van der Waals surface area contributed by atoms with Crippen molar-refractivity contribution in [3.8, 4) is 11.9 Å². The van der Waals surface area contributed by atoms with Gasteiger partial charge in [0.25, 0.3) is 0 Å². The number of nitrogens with zero attached hydrogens (tertiary/aromatic N) is 4. The predicted octanol–water partition coefficient (Wildman–Crippen LogP) is 3.90. The fraction of sp³-hybridized carbons (Fsp3) is 0.500. The van der Waals surface area contributed by atoms with E-state index in [2.05, 4.69) is 15.3 Å². The van der Waals surface area contributed by atoms with E-state index in [4.69, 9.17) is 45.3 Å². The van der Waals surface area contributed by atoms with Gasteiger partial charge >= 0.3 is 6.16 Å². The number of nitriles is 1. The lowest BCUT2D eigenvalue weighted by Crippen LogP contribution is -2.25. The summed E-state index contributed by atoms with van der Waals surface area (Å²) in [5.41, 5.74) is 0. The molecule has 0 aliphatic carbocycles. The topological polar surface area (TPSA) is 138 Å². The van der Waals surface area contributed by atoms with Gasteiger partial charge in [-0.3, -0.25) is 0 Å². The summed E-state index contributed by atoms with van der Waals surface area (Å²) in [6.07, 6.45) is 8.21. The van der Waals surface area contributed by atoms with Gasteiger partial charge in [-0.1, -0.05) is 24.4 Å². The molecule has 0 amide bonds. The maximum absolute atomic E-state index is 11.7. The van der Waals surface area contributed by atoms with Crippen LogP contribution in [0.4, 0.5) is 4.79 Å². The molecule has 1 N–H and O–H groups in total. The van der Waals surface area contributed by atoms with Gasteiger partial charge in [0.15, 0.2) is 6.73 Å². The highest BCUT2D eigenvalue weighted by atomic mass is 35.5. The second-order valence-electron chi connectivity index (χ2n) is 8.45. The van der Waals surface area contributed by atoms with Crippen LogP contribution in [-0.4, -0.2) is 76.6 Å². The SMILES string of the molecule is COCCOCCOCCOC(=O)OCn1ccc(=NC(=NC#N)NCCCCCCOc2ccc(Cl)cc2)cc1. The van der Waals surface area contributed by atoms with Gasteiger partial charge in [-0.05, 0) is 49.2 Å². The number of halogens is 1. The van der Waals surface area contributed by atoms with Crippen molar-refractivity contribution in [2.45, 2.75) is 32.4 Å². The number of unbranched alkanes of at least 4 members (excludes halogenated alkanes) is 3. The van der Waals surface area contributed by atoms with Crippen molar-refractivity contribution in [3.63, 3.8) is 0 Å². The molecule has 0 fully saturated rings. The highest BCUT2D eigenvalue weighted by Gasteiger charge is 2.04. The van der Waals surface area contributed by atoms with Gasteiger partial charge in [0.05, 0.1) is 45.0 Å². The van der Waals surface area contributed by atoms with Crippen molar-refractivity contribution in [2.75, 3.05) is 59.9 Å². The maximum Gasteiger partial charge on any atom is 0.510 e. The zero-order valence-corrected chi connectivity index (χ0v) is 24.1. The maximum atomic E-state index is 11.7. The lowest BCUT2D eigenvalue weighted by molar-refractivity contribution is -0.00498. The largest absolute Gasteiger partial charge is 0.510 e. The van der Waals surface area contributed by atoms with Gasteiger partial charge in [-0.25, -0.2) is 9.79 Å². The Morgan fingerprint density at radius 2 is 1.59 bits per heavy atom. The van der Waals surface area contributed by atoms with Crippen LogP contribution in [0.5, 0.6) is 5.75 Å². The molecular weight excluding hydrogens is 554 g/mol. The quantitative estimate of drug-likeness (QED) is 0.0847. The minimum atomic E-state index is -0.798. The zero-order chi connectivity index (χ0) is 29.4. The lowest BCUT2D eigenvalue weighted by atomic mass is 10.2. The smallest absolute Gasteiger partial charge is 0.494 e. The number of aliphatic imine (C=N–C) groups is 1.